The molecule has 3 aromatic heterocycles. The van der Waals surface area contributed by atoms with E-state index in [1.54, 1.807) is 18.1 Å². The molecule has 4 nitrogen and oxygen atoms in total. The maximum Gasteiger partial charge on any atom is 0.192 e. The third-order valence-corrected chi connectivity index (χ3v) is 6.11. The van der Waals surface area contributed by atoms with E-state index < -0.39 is 0 Å². The molecule has 6 heteroatoms. The fraction of sp³-hybridized carbons (Fsp3) is 0.533. The molecule has 1 atom stereocenters. The van der Waals surface area contributed by atoms with Crippen molar-refractivity contribution in [3.63, 3.8) is 0 Å². The Morgan fingerprint density at radius 2 is 2.29 bits per heavy atom. The van der Waals surface area contributed by atoms with Crippen molar-refractivity contribution < 1.29 is 0 Å². The highest BCUT2D eigenvalue weighted by atomic mass is 32.2. The molecule has 0 amide bonds. The Balaban J connectivity index is 2.01. The standard InChI is InChI=1S/C15H18N4S2/c1-8(2)20-15-18-14-12(13-16-7-17-19(13)15)10-6-9(3)4-5-11(10)21-14/h7-9H,4-6H2,1-3H3. The fourth-order valence-corrected chi connectivity index (χ4v) is 5.09. The number of aromatic nitrogens is 4. The van der Waals surface area contributed by atoms with Crippen LogP contribution in [0, 0.1) is 5.92 Å². The van der Waals surface area contributed by atoms with Crippen molar-refractivity contribution in [2.75, 3.05) is 0 Å². The van der Waals surface area contributed by atoms with Gasteiger partial charge in [-0.3, -0.25) is 0 Å². The molecule has 0 N–H and O–H groups in total. The van der Waals surface area contributed by atoms with Crippen LogP contribution >= 0.6 is 23.1 Å². The van der Waals surface area contributed by atoms with Gasteiger partial charge in [0.1, 0.15) is 11.2 Å². The minimum absolute atomic E-state index is 0.483. The van der Waals surface area contributed by atoms with Gasteiger partial charge in [-0.25, -0.2) is 9.97 Å². The van der Waals surface area contributed by atoms with Crippen molar-refractivity contribution in [2.45, 2.75) is 50.4 Å². The van der Waals surface area contributed by atoms with Gasteiger partial charge in [0.15, 0.2) is 10.8 Å². The average molecular weight is 318 g/mol. The molecule has 0 aliphatic heterocycles. The van der Waals surface area contributed by atoms with Crippen LogP contribution in [0.1, 0.15) is 37.6 Å². The predicted molar refractivity (Wildman–Crippen MR) is 88.3 cm³/mol. The summed E-state index contributed by atoms with van der Waals surface area (Å²) in [5.74, 6) is 0.753. The van der Waals surface area contributed by atoms with Gasteiger partial charge in [-0.05, 0) is 30.7 Å². The second kappa shape index (κ2) is 4.95. The molecule has 0 spiro atoms. The Morgan fingerprint density at radius 3 is 3.10 bits per heavy atom. The maximum atomic E-state index is 4.89. The van der Waals surface area contributed by atoms with E-state index in [2.05, 4.69) is 30.9 Å². The normalized spacial score (nSPS) is 18.8. The van der Waals surface area contributed by atoms with Crippen molar-refractivity contribution in [1.82, 2.24) is 19.6 Å². The minimum atomic E-state index is 0.483. The summed E-state index contributed by atoms with van der Waals surface area (Å²) in [7, 11) is 0. The van der Waals surface area contributed by atoms with Crippen molar-refractivity contribution in [3.05, 3.63) is 16.8 Å². The van der Waals surface area contributed by atoms with Crippen LogP contribution in [0.25, 0.3) is 15.9 Å². The van der Waals surface area contributed by atoms with Crippen LogP contribution in [0.4, 0.5) is 0 Å². The van der Waals surface area contributed by atoms with Gasteiger partial charge < -0.3 is 0 Å². The van der Waals surface area contributed by atoms with Crippen molar-refractivity contribution in [3.8, 4) is 0 Å². The molecule has 110 valence electrons. The molecule has 0 saturated carbocycles. The molecule has 1 aliphatic carbocycles. The number of fused-ring (bicyclic) bond motifs is 5. The number of aryl methyl sites for hydroxylation is 1. The lowest BCUT2D eigenvalue weighted by atomic mass is 9.89. The first-order valence-corrected chi connectivity index (χ1v) is 9.13. The summed E-state index contributed by atoms with van der Waals surface area (Å²) in [6.07, 6.45) is 5.27. The summed E-state index contributed by atoms with van der Waals surface area (Å²) >= 11 is 3.61. The van der Waals surface area contributed by atoms with E-state index in [0.29, 0.717) is 5.25 Å². The number of hydrogen-bond acceptors (Lipinski definition) is 5. The van der Waals surface area contributed by atoms with Gasteiger partial charge in [-0.1, -0.05) is 32.5 Å². The molecule has 1 unspecified atom stereocenters. The van der Waals surface area contributed by atoms with Crippen LogP contribution in [-0.4, -0.2) is 24.8 Å². The first-order chi connectivity index (χ1) is 10.1. The van der Waals surface area contributed by atoms with E-state index in [1.807, 2.05) is 15.9 Å². The van der Waals surface area contributed by atoms with Gasteiger partial charge in [-0.2, -0.15) is 9.61 Å². The second-order valence-electron chi connectivity index (χ2n) is 6.09. The highest BCUT2D eigenvalue weighted by Gasteiger charge is 2.24. The third kappa shape index (κ3) is 2.16. The van der Waals surface area contributed by atoms with Gasteiger partial charge in [-0.15, -0.1) is 11.3 Å². The van der Waals surface area contributed by atoms with Gasteiger partial charge in [0.25, 0.3) is 0 Å². The van der Waals surface area contributed by atoms with E-state index in [4.69, 9.17) is 4.98 Å². The van der Waals surface area contributed by atoms with Crippen LogP contribution in [0.2, 0.25) is 0 Å². The monoisotopic (exact) mass is 318 g/mol. The van der Waals surface area contributed by atoms with Crippen LogP contribution < -0.4 is 0 Å². The van der Waals surface area contributed by atoms with E-state index >= 15 is 0 Å². The van der Waals surface area contributed by atoms with Crippen LogP contribution in [-0.2, 0) is 12.8 Å². The molecule has 0 bridgehead atoms. The van der Waals surface area contributed by atoms with Gasteiger partial charge >= 0.3 is 0 Å². The first kappa shape index (κ1) is 13.5. The lowest BCUT2D eigenvalue weighted by Crippen LogP contribution is -2.09. The Hall–Kier alpha value is -1.14. The molecular formula is C15H18N4S2. The van der Waals surface area contributed by atoms with E-state index in [-0.39, 0.29) is 0 Å². The lowest BCUT2D eigenvalue weighted by molar-refractivity contribution is 0.508. The smallest absolute Gasteiger partial charge is 0.192 e. The van der Waals surface area contributed by atoms with E-state index in [1.165, 1.54) is 28.7 Å². The Bertz CT molecular complexity index is 818. The van der Waals surface area contributed by atoms with Crippen molar-refractivity contribution >= 4 is 39.0 Å². The molecule has 0 saturated heterocycles. The second-order valence-corrected chi connectivity index (χ2v) is 8.72. The summed E-state index contributed by atoms with van der Waals surface area (Å²) in [6, 6.07) is 0. The number of nitrogens with zero attached hydrogens (tertiary/aromatic N) is 4. The third-order valence-electron chi connectivity index (χ3n) is 3.98. The van der Waals surface area contributed by atoms with Gasteiger partial charge in [0.05, 0.1) is 5.39 Å². The number of hydrogen-bond donors (Lipinski definition) is 0. The largest absolute Gasteiger partial charge is 0.214 e. The van der Waals surface area contributed by atoms with Crippen molar-refractivity contribution in [1.29, 1.82) is 0 Å². The predicted octanol–water partition coefficient (Wildman–Crippen LogP) is 3.96. The Kier molecular flexibility index (Phi) is 3.19. The van der Waals surface area contributed by atoms with Gasteiger partial charge in [0, 0.05) is 10.1 Å². The zero-order valence-electron chi connectivity index (χ0n) is 12.5. The fourth-order valence-electron chi connectivity index (χ4n) is 3.03. The SMILES string of the molecule is CC1CCc2sc3nc(SC(C)C)n4ncnc4c3c2C1. The van der Waals surface area contributed by atoms with E-state index in [0.717, 1.165) is 28.0 Å². The Labute approximate surface area is 132 Å². The van der Waals surface area contributed by atoms with Crippen LogP contribution in [0.3, 0.4) is 0 Å². The summed E-state index contributed by atoms with van der Waals surface area (Å²) < 4.78 is 1.92. The highest BCUT2D eigenvalue weighted by molar-refractivity contribution is 7.99. The zero-order valence-corrected chi connectivity index (χ0v) is 14.1. The molecule has 21 heavy (non-hydrogen) atoms. The summed E-state index contributed by atoms with van der Waals surface area (Å²) in [5, 5.41) is 7.08. The van der Waals surface area contributed by atoms with E-state index in [9.17, 15) is 0 Å². The quantitative estimate of drug-likeness (QED) is 0.530. The summed E-state index contributed by atoms with van der Waals surface area (Å²) in [4.78, 5) is 12.1. The topological polar surface area (TPSA) is 43.1 Å². The molecule has 3 heterocycles. The maximum absolute atomic E-state index is 4.89. The zero-order chi connectivity index (χ0) is 14.6. The molecular weight excluding hydrogens is 300 g/mol. The Morgan fingerprint density at radius 1 is 1.43 bits per heavy atom. The highest BCUT2D eigenvalue weighted by Crippen LogP contribution is 2.39. The summed E-state index contributed by atoms with van der Waals surface area (Å²) in [5.41, 5.74) is 2.45. The molecule has 0 aromatic carbocycles. The van der Waals surface area contributed by atoms with Gasteiger partial charge in [0.2, 0.25) is 0 Å². The van der Waals surface area contributed by atoms with Crippen LogP contribution in [0.5, 0.6) is 0 Å². The number of thiophene rings is 1. The molecule has 4 rings (SSSR count). The summed E-state index contributed by atoms with van der Waals surface area (Å²) in [6.45, 7) is 6.70. The average Bonchev–Trinajstić information content (AvgIpc) is 3.01. The molecule has 0 fully saturated rings. The molecule has 3 aromatic rings. The first-order valence-electron chi connectivity index (χ1n) is 7.44. The molecule has 0 radical (unpaired) electrons. The minimum Gasteiger partial charge on any atom is -0.214 e. The van der Waals surface area contributed by atoms with Crippen molar-refractivity contribution in [2.24, 2.45) is 5.92 Å². The lowest BCUT2D eigenvalue weighted by Gasteiger charge is -2.17. The number of rotatable bonds is 2. The van der Waals surface area contributed by atoms with Crippen LogP contribution in [0.15, 0.2) is 11.5 Å². The number of thioether (sulfide) groups is 1. The molecule has 1 aliphatic rings.